The average molecular weight is 390 g/mol. The van der Waals surface area contributed by atoms with Gasteiger partial charge in [0.1, 0.15) is 0 Å². The molecule has 10 heteroatoms. The van der Waals surface area contributed by atoms with Gasteiger partial charge in [-0.15, -0.1) is 22.6 Å². The molecule has 0 amide bonds. The number of aromatic nitrogens is 3. The second-order valence-electron chi connectivity index (χ2n) is 5.29. The van der Waals surface area contributed by atoms with Crippen molar-refractivity contribution >= 4 is 41.7 Å². The second-order valence-corrected chi connectivity index (χ2v) is 5.73. The Morgan fingerprint density at radius 2 is 1.96 bits per heavy atom. The van der Waals surface area contributed by atoms with E-state index < -0.39 is 6.16 Å². The molecule has 25 heavy (non-hydrogen) atoms. The third-order valence-corrected chi connectivity index (χ3v) is 3.29. The van der Waals surface area contributed by atoms with E-state index in [9.17, 15) is 4.79 Å². The van der Waals surface area contributed by atoms with Crippen LogP contribution in [-0.4, -0.2) is 53.8 Å². The highest BCUT2D eigenvalue weighted by Crippen LogP contribution is 2.25. The average Bonchev–Trinajstić information content (AvgIpc) is 2.90. The van der Waals surface area contributed by atoms with Gasteiger partial charge in [0.15, 0.2) is 0 Å². The van der Waals surface area contributed by atoms with Crippen molar-refractivity contribution in [3.63, 3.8) is 0 Å². The van der Waals surface area contributed by atoms with E-state index in [0.29, 0.717) is 17.4 Å². The van der Waals surface area contributed by atoms with Crippen molar-refractivity contribution in [3.8, 4) is 5.88 Å². The summed E-state index contributed by atoms with van der Waals surface area (Å²) in [6, 6.07) is 7.06. The van der Waals surface area contributed by atoms with Gasteiger partial charge in [0.25, 0.3) is 5.88 Å². The highest BCUT2D eigenvalue weighted by molar-refractivity contribution is 6.30. The summed E-state index contributed by atoms with van der Waals surface area (Å²) in [5, 5.41) is 12.2. The van der Waals surface area contributed by atoms with E-state index in [1.165, 1.54) is 11.9 Å². The van der Waals surface area contributed by atoms with Crippen LogP contribution in [0.15, 0.2) is 24.3 Å². The van der Waals surface area contributed by atoms with Crippen molar-refractivity contribution in [1.82, 2.24) is 19.9 Å². The molecule has 0 atom stereocenters. The molecule has 8 nitrogen and oxygen atoms in total. The summed E-state index contributed by atoms with van der Waals surface area (Å²) in [5.41, 5.74) is 0.745. The summed E-state index contributed by atoms with van der Waals surface area (Å²) < 4.78 is 9.55. The molecule has 1 N–H and O–H groups in total. The van der Waals surface area contributed by atoms with Gasteiger partial charge in [0.2, 0.25) is 5.82 Å². The van der Waals surface area contributed by atoms with Crippen LogP contribution < -0.4 is 10.1 Å². The molecular weight excluding hydrogens is 369 g/mol. The van der Waals surface area contributed by atoms with Crippen LogP contribution >= 0.6 is 24.0 Å². The van der Waals surface area contributed by atoms with E-state index in [4.69, 9.17) is 16.3 Å². The molecule has 0 unspecified atom stereocenters. The largest absolute Gasteiger partial charge is 0.515 e. The Hall–Kier alpha value is -2.03. The number of nitrogens with zero attached hydrogens (tertiary/aromatic N) is 4. The number of carbonyl (C=O) groups excluding carboxylic acids is 1. The third-order valence-electron chi connectivity index (χ3n) is 3.04. The molecule has 0 bridgehead atoms. The lowest BCUT2D eigenvalue weighted by Gasteiger charge is -2.07. The number of carbonyl (C=O) groups is 1. The molecule has 0 radical (unpaired) electrons. The number of benzene rings is 1. The standard InChI is InChI=1S/C15H20ClN5O3.ClH/c1-20(2)9-4-10-21-18-13(14(19-21)24-15(22)23-3)17-12-7-5-11(16)6-8-12;/h5-8H,4,9-10H2,1-3H3,(H,17,18);1H. The first kappa shape index (κ1) is 21.0. The molecule has 1 aromatic heterocycles. The summed E-state index contributed by atoms with van der Waals surface area (Å²) in [7, 11) is 5.22. The normalized spacial score (nSPS) is 10.3. The van der Waals surface area contributed by atoms with Crippen molar-refractivity contribution < 1.29 is 14.3 Å². The minimum Gasteiger partial charge on any atom is -0.437 e. The van der Waals surface area contributed by atoms with Gasteiger partial charge in [-0.25, -0.2) is 4.79 Å². The summed E-state index contributed by atoms with van der Waals surface area (Å²) in [5.74, 6) is 0.384. The van der Waals surface area contributed by atoms with E-state index in [-0.39, 0.29) is 18.3 Å². The molecular formula is C15H21Cl2N5O3. The van der Waals surface area contributed by atoms with Crippen LogP contribution in [0, 0.1) is 0 Å². The van der Waals surface area contributed by atoms with Crippen LogP contribution in [0.4, 0.5) is 16.3 Å². The quantitative estimate of drug-likeness (QED) is 0.727. The molecule has 0 aliphatic carbocycles. The van der Waals surface area contributed by atoms with Gasteiger partial charge >= 0.3 is 6.16 Å². The monoisotopic (exact) mass is 389 g/mol. The van der Waals surface area contributed by atoms with Gasteiger partial charge in [-0.1, -0.05) is 11.6 Å². The number of nitrogens with one attached hydrogen (secondary N) is 1. The molecule has 2 aromatic rings. The maximum atomic E-state index is 11.4. The SMILES string of the molecule is COC(=O)Oc1nn(CCCN(C)C)nc1Nc1ccc(Cl)cc1.Cl. The van der Waals surface area contributed by atoms with Gasteiger partial charge in [0.05, 0.1) is 13.7 Å². The van der Waals surface area contributed by atoms with Crippen LogP contribution in [0.25, 0.3) is 0 Å². The van der Waals surface area contributed by atoms with Crippen LogP contribution in [0.3, 0.4) is 0 Å². The number of hydrogen-bond acceptors (Lipinski definition) is 7. The zero-order valence-electron chi connectivity index (χ0n) is 14.2. The first-order valence-electron chi connectivity index (χ1n) is 7.36. The maximum Gasteiger partial charge on any atom is 0.515 e. The zero-order valence-corrected chi connectivity index (χ0v) is 15.8. The van der Waals surface area contributed by atoms with E-state index in [1.807, 2.05) is 14.1 Å². The molecule has 0 aliphatic rings. The molecule has 0 fully saturated rings. The fraction of sp³-hybridized carbons (Fsp3) is 0.400. The maximum absolute atomic E-state index is 11.4. The number of rotatable bonds is 7. The van der Waals surface area contributed by atoms with Gasteiger partial charge in [-0.2, -0.15) is 4.80 Å². The third kappa shape index (κ3) is 6.77. The van der Waals surface area contributed by atoms with E-state index in [0.717, 1.165) is 18.7 Å². The lowest BCUT2D eigenvalue weighted by molar-refractivity contribution is 0.119. The van der Waals surface area contributed by atoms with Crippen molar-refractivity contribution in [2.24, 2.45) is 0 Å². The van der Waals surface area contributed by atoms with Gasteiger partial charge in [-0.3, -0.25) is 0 Å². The molecule has 0 saturated carbocycles. The Balaban J connectivity index is 0.00000312. The van der Waals surface area contributed by atoms with Gasteiger partial charge in [-0.05, 0) is 51.3 Å². The zero-order chi connectivity index (χ0) is 17.5. The Morgan fingerprint density at radius 3 is 2.56 bits per heavy atom. The first-order valence-corrected chi connectivity index (χ1v) is 7.74. The van der Waals surface area contributed by atoms with Crippen LogP contribution in [-0.2, 0) is 11.3 Å². The number of halogens is 2. The summed E-state index contributed by atoms with van der Waals surface area (Å²) in [6.45, 7) is 1.49. The number of hydrogen-bond donors (Lipinski definition) is 1. The highest BCUT2D eigenvalue weighted by atomic mass is 35.5. The summed E-state index contributed by atoms with van der Waals surface area (Å²) in [4.78, 5) is 14.9. The topological polar surface area (TPSA) is 81.5 Å². The van der Waals surface area contributed by atoms with Crippen molar-refractivity contribution in [3.05, 3.63) is 29.3 Å². The van der Waals surface area contributed by atoms with Gasteiger partial charge < -0.3 is 19.7 Å². The lowest BCUT2D eigenvalue weighted by Crippen LogP contribution is -2.16. The van der Waals surface area contributed by atoms with E-state index >= 15 is 0 Å². The van der Waals surface area contributed by atoms with E-state index in [2.05, 4.69) is 25.2 Å². The van der Waals surface area contributed by atoms with Crippen molar-refractivity contribution in [1.29, 1.82) is 0 Å². The van der Waals surface area contributed by atoms with Crippen LogP contribution in [0.2, 0.25) is 5.02 Å². The number of ether oxygens (including phenoxy) is 2. The number of aryl methyl sites for hydroxylation is 1. The highest BCUT2D eigenvalue weighted by Gasteiger charge is 2.17. The Bertz CT molecular complexity index is 676. The Morgan fingerprint density at radius 1 is 1.28 bits per heavy atom. The minimum atomic E-state index is -0.852. The first-order chi connectivity index (χ1) is 11.5. The Kier molecular flexibility index (Phi) is 8.47. The minimum absolute atomic E-state index is 0. The molecule has 138 valence electrons. The van der Waals surface area contributed by atoms with Crippen molar-refractivity contribution in [2.75, 3.05) is 33.1 Å². The van der Waals surface area contributed by atoms with Crippen LogP contribution in [0.5, 0.6) is 5.88 Å². The fourth-order valence-corrected chi connectivity index (χ4v) is 2.02. The fourth-order valence-electron chi connectivity index (χ4n) is 1.90. The second kappa shape index (κ2) is 10.1. The molecule has 0 aliphatic heterocycles. The predicted octanol–water partition coefficient (Wildman–Crippen LogP) is 3.19. The predicted molar refractivity (Wildman–Crippen MR) is 98.2 cm³/mol. The number of methoxy groups -OCH3 is 1. The summed E-state index contributed by atoms with van der Waals surface area (Å²) in [6.07, 6.45) is 0.00853. The van der Waals surface area contributed by atoms with E-state index in [1.54, 1.807) is 24.3 Å². The Labute approximate surface area is 157 Å². The van der Waals surface area contributed by atoms with Gasteiger partial charge in [0, 0.05) is 10.7 Å². The molecule has 0 spiro atoms. The smallest absolute Gasteiger partial charge is 0.437 e. The molecule has 0 saturated heterocycles. The molecule has 2 rings (SSSR count). The lowest BCUT2D eigenvalue weighted by atomic mass is 10.3. The molecule has 1 heterocycles. The molecule has 1 aromatic carbocycles. The summed E-state index contributed by atoms with van der Waals surface area (Å²) >= 11 is 5.87. The van der Waals surface area contributed by atoms with Crippen LogP contribution in [0.1, 0.15) is 6.42 Å². The number of anilines is 2. The van der Waals surface area contributed by atoms with Crippen molar-refractivity contribution in [2.45, 2.75) is 13.0 Å².